The zero-order valence-electron chi connectivity index (χ0n) is 18.9. The lowest BCUT2D eigenvalue weighted by molar-refractivity contribution is -0.180. The molecule has 2 aliphatic carbocycles. The lowest BCUT2D eigenvalue weighted by Crippen LogP contribution is -2.60. The molecular formula is C25H35NO5. The van der Waals surface area contributed by atoms with E-state index in [9.17, 15) is 4.79 Å². The Morgan fingerprint density at radius 2 is 2.10 bits per heavy atom. The van der Waals surface area contributed by atoms with E-state index in [4.69, 9.17) is 18.9 Å². The Balaban J connectivity index is 1.57. The van der Waals surface area contributed by atoms with E-state index in [-0.39, 0.29) is 24.2 Å². The molecule has 31 heavy (non-hydrogen) atoms. The van der Waals surface area contributed by atoms with Gasteiger partial charge in [-0.15, -0.1) is 6.58 Å². The number of amides is 1. The third-order valence-electron chi connectivity index (χ3n) is 6.34. The van der Waals surface area contributed by atoms with Gasteiger partial charge < -0.3 is 24.3 Å². The zero-order chi connectivity index (χ0) is 22.1. The van der Waals surface area contributed by atoms with Crippen molar-refractivity contribution < 1.29 is 23.7 Å². The fourth-order valence-electron chi connectivity index (χ4n) is 4.64. The summed E-state index contributed by atoms with van der Waals surface area (Å²) >= 11 is 0. The van der Waals surface area contributed by atoms with Crippen LogP contribution in [0, 0.1) is 12.8 Å². The van der Waals surface area contributed by atoms with E-state index in [0.29, 0.717) is 38.5 Å². The highest BCUT2D eigenvalue weighted by atomic mass is 16.8. The van der Waals surface area contributed by atoms with Crippen LogP contribution < -0.4 is 5.32 Å². The van der Waals surface area contributed by atoms with Gasteiger partial charge in [0.25, 0.3) is 5.91 Å². The summed E-state index contributed by atoms with van der Waals surface area (Å²) in [7, 11) is 0. The fourth-order valence-corrected chi connectivity index (χ4v) is 4.64. The topological polar surface area (TPSA) is 66.0 Å². The maximum atomic E-state index is 13.5. The Kier molecular flexibility index (Phi) is 6.54. The van der Waals surface area contributed by atoms with E-state index in [2.05, 4.69) is 31.0 Å². The largest absolute Gasteiger partial charge is 0.371 e. The maximum Gasteiger partial charge on any atom is 0.252 e. The number of carbonyl (C=O) groups is 1. The average Bonchev–Trinajstić information content (AvgIpc) is 3.50. The molecule has 1 aromatic rings. The van der Waals surface area contributed by atoms with Crippen molar-refractivity contribution in [1.82, 2.24) is 5.32 Å². The van der Waals surface area contributed by atoms with Gasteiger partial charge in [-0.2, -0.15) is 0 Å². The van der Waals surface area contributed by atoms with Crippen molar-refractivity contribution in [2.45, 2.75) is 82.8 Å². The first-order chi connectivity index (χ1) is 14.8. The fraction of sp³-hybridized carbons (Fsp3) is 0.640. The molecule has 1 aromatic carbocycles. The number of ether oxygens (including phenoxy) is 4. The number of rotatable bonds is 9. The quantitative estimate of drug-likeness (QED) is 0.607. The number of fused-ring (bicyclic) bond motifs is 1. The van der Waals surface area contributed by atoms with Crippen LogP contribution in [-0.2, 0) is 30.3 Å². The van der Waals surface area contributed by atoms with Crippen LogP contribution in [0.3, 0.4) is 0 Å². The van der Waals surface area contributed by atoms with Gasteiger partial charge in [0.1, 0.15) is 6.10 Å². The van der Waals surface area contributed by atoms with Crippen molar-refractivity contribution in [3.05, 3.63) is 48.0 Å². The minimum atomic E-state index is -1.03. The van der Waals surface area contributed by atoms with E-state index in [1.165, 1.54) is 18.4 Å². The summed E-state index contributed by atoms with van der Waals surface area (Å²) in [6.45, 7) is 11.1. The molecule has 0 aromatic heterocycles. The summed E-state index contributed by atoms with van der Waals surface area (Å²) in [5.41, 5.74) is 1.18. The predicted molar refractivity (Wildman–Crippen MR) is 117 cm³/mol. The molecule has 1 saturated heterocycles. The summed E-state index contributed by atoms with van der Waals surface area (Å²) in [4.78, 5) is 13.5. The van der Waals surface area contributed by atoms with Crippen LogP contribution in [0.2, 0.25) is 0 Å². The molecule has 0 radical (unpaired) electrons. The molecule has 1 heterocycles. The van der Waals surface area contributed by atoms with Crippen molar-refractivity contribution >= 4 is 5.91 Å². The number of benzene rings is 1. The molecule has 0 unspecified atom stereocenters. The maximum absolute atomic E-state index is 13.5. The Hall–Kier alpha value is -1.73. The van der Waals surface area contributed by atoms with Gasteiger partial charge in [-0.3, -0.25) is 4.79 Å². The highest BCUT2D eigenvalue weighted by Crippen LogP contribution is 2.44. The van der Waals surface area contributed by atoms with Crippen molar-refractivity contribution in [1.29, 1.82) is 0 Å². The van der Waals surface area contributed by atoms with Gasteiger partial charge in [-0.05, 0) is 45.1 Å². The molecule has 0 spiro atoms. The lowest BCUT2D eigenvalue weighted by Gasteiger charge is -2.43. The van der Waals surface area contributed by atoms with Crippen molar-refractivity contribution in [2.24, 2.45) is 5.92 Å². The highest BCUT2D eigenvalue weighted by molar-refractivity contribution is 5.85. The summed E-state index contributed by atoms with van der Waals surface area (Å²) in [6.07, 6.45) is 4.11. The second-order valence-corrected chi connectivity index (χ2v) is 9.63. The second-order valence-electron chi connectivity index (χ2n) is 9.63. The van der Waals surface area contributed by atoms with E-state index < -0.39 is 11.4 Å². The lowest BCUT2D eigenvalue weighted by atomic mass is 9.78. The highest BCUT2D eigenvalue weighted by Gasteiger charge is 2.58. The average molecular weight is 430 g/mol. The summed E-state index contributed by atoms with van der Waals surface area (Å²) in [5, 5.41) is 3.14. The summed E-state index contributed by atoms with van der Waals surface area (Å²) in [5.74, 6) is -0.208. The molecular weight excluding hydrogens is 394 g/mol. The van der Waals surface area contributed by atoms with E-state index in [1.54, 1.807) is 6.08 Å². The SMILES string of the molecule is C=CCO[C@H]1C[C@](OCc2cccc(C)c2)(C(=O)NCC2CC2)C[C@H]2OC(C)(C)O[C@@H]12. The molecule has 4 atom stereocenters. The molecule has 2 saturated carbocycles. The number of nitrogens with one attached hydrogen (secondary N) is 1. The minimum absolute atomic E-state index is 0.0778. The molecule has 6 heteroatoms. The third-order valence-corrected chi connectivity index (χ3v) is 6.34. The van der Waals surface area contributed by atoms with Gasteiger partial charge in [-0.1, -0.05) is 35.9 Å². The minimum Gasteiger partial charge on any atom is -0.371 e. The van der Waals surface area contributed by atoms with Crippen LogP contribution >= 0.6 is 0 Å². The van der Waals surface area contributed by atoms with Gasteiger partial charge in [0.2, 0.25) is 0 Å². The Morgan fingerprint density at radius 3 is 2.81 bits per heavy atom. The Morgan fingerprint density at radius 1 is 1.29 bits per heavy atom. The predicted octanol–water partition coefficient (Wildman–Crippen LogP) is 3.66. The smallest absolute Gasteiger partial charge is 0.252 e. The molecule has 170 valence electrons. The molecule has 1 N–H and O–H groups in total. The van der Waals surface area contributed by atoms with Crippen LogP contribution in [-0.4, -0.2) is 48.8 Å². The number of aryl methyl sites for hydroxylation is 1. The molecule has 3 fully saturated rings. The third kappa shape index (κ3) is 5.37. The van der Waals surface area contributed by atoms with E-state index in [0.717, 1.165) is 5.56 Å². The van der Waals surface area contributed by atoms with Crippen LogP contribution in [0.5, 0.6) is 0 Å². The molecule has 0 bridgehead atoms. The number of carbonyl (C=O) groups excluding carboxylic acids is 1. The van der Waals surface area contributed by atoms with Crippen molar-refractivity contribution in [3.8, 4) is 0 Å². The Labute approximate surface area is 185 Å². The van der Waals surface area contributed by atoms with Crippen molar-refractivity contribution in [2.75, 3.05) is 13.2 Å². The van der Waals surface area contributed by atoms with Gasteiger partial charge in [0.05, 0.1) is 25.4 Å². The number of hydrogen-bond donors (Lipinski definition) is 1. The summed E-state index contributed by atoms with van der Waals surface area (Å²) in [6, 6.07) is 8.18. The van der Waals surface area contributed by atoms with Crippen LogP contribution in [0.1, 0.15) is 50.7 Å². The molecule has 6 nitrogen and oxygen atoms in total. The second kappa shape index (κ2) is 9.02. The standard InChI is InChI=1S/C25H35NO5/c1-5-11-28-20-13-25(23(27)26-15-18-9-10-18,14-21-22(20)31-24(3,4)30-21)29-16-19-8-6-7-17(2)12-19/h5-8,12,18,20-22H,1,9-11,13-16H2,2-4H3,(H,26,27)/t20-,21+,22-,25+/m0/s1. The van der Waals surface area contributed by atoms with Gasteiger partial charge in [-0.25, -0.2) is 0 Å². The zero-order valence-corrected chi connectivity index (χ0v) is 18.9. The van der Waals surface area contributed by atoms with Crippen LogP contribution in [0.25, 0.3) is 0 Å². The number of hydrogen-bond acceptors (Lipinski definition) is 5. The molecule has 4 rings (SSSR count). The van der Waals surface area contributed by atoms with E-state index in [1.807, 2.05) is 26.0 Å². The molecule has 1 aliphatic heterocycles. The first-order valence-corrected chi connectivity index (χ1v) is 11.4. The Bertz CT molecular complexity index is 805. The first-order valence-electron chi connectivity index (χ1n) is 11.4. The summed E-state index contributed by atoms with van der Waals surface area (Å²) < 4.78 is 24.9. The van der Waals surface area contributed by atoms with Crippen LogP contribution in [0.15, 0.2) is 36.9 Å². The van der Waals surface area contributed by atoms with Gasteiger partial charge in [0.15, 0.2) is 11.4 Å². The monoisotopic (exact) mass is 429 g/mol. The van der Waals surface area contributed by atoms with Crippen LogP contribution in [0.4, 0.5) is 0 Å². The first kappa shape index (κ1) is 22.5. The van der Waals surface area contributed by atoms with Gasteiger partial charge in [0, 0.05) is 19.4 Å². The van der Waals surface area contributed by atoms with E-state index >= 15 is 0 Å². The van der Waals surface area contributed by atoms with Crippen molar-refractivity contribution in [3.63, 3.8) is 0 Å². The van der Waals surface area contributed by atoms with Gasteiger partial charge >= 0.3 is 0 Å². The normalized spacial score (nSPS) is 31.8. The molecule has 3 aliphatic rings. The molecule has 1 amide bonds.